The number of sulfonamides is 1. The summed E-state index contributed by atoms with van der Waals surface area (Å²) in [5.41, 5.74) is 3.37. The first-order valence-electron chi connectivity index (χ1n) is 10.2. The summed E-state index contributed by atoms with van der Waals surface area (Å²) in [5, 5.41) is 15.9. The lowest BCUT2D eigenvalue weighted by Crippen LogP contribution is -2.40. The van der Waals surface area contributed by atoms with Crippen LogP contribution in [0.25, 0.3) is 0 Å². The molecule has 13 heteroatoms. The Balaban J connectivity index is 1.91. The number of methoxy groups -OCH3 is 3. The van der Waals surface area contributed by atoms with Gasteiger partial charge in [0.15, 0.2) is 11.5 Å². The fraction of sp³-hybridized carbons (Fsp3) is 0.381. The lowest BCUT2D eigenvalue weighted by molar-refractivity contribution is -0.384. The molecule has 1 saturated heterocycles. The van der Waals surface area contributed by atoms with E-state index < -0.39 is 20.6 Å². The van der Waals surface area contributed by atoms with Crippen molar-refractivity contribution in [1.29, 1.82) is 0 Å². The van der Waals surface area contributed by atoms with Gasteiger partial charge in [0.1, 0.15) is 5.69 Å². The molecular formula is C21H26N4O8S. The standard InChI is InChI=1S/C21H26N4O8S/c1-14(15-11-19(30-2)21(32-4)20(12-15)31-3)22-23-17-6-5-16(13-18(17)25(26)27)34(28,29)24-7-9-33-10-8-24/h5-6,11-13,23H,7-10H2,1-4H3/b22-14-. The molecule has 2 aromatic rings. The zero-order chi connectivity index (χ0) is 24.9. The van der Waals surface area contributed by atoms with Crippen molar-refractivity contribution in [2.45, 2.75) is 11.8 Å². The zero-order valence-corrected chi connectivity index (χ0v) is 20.0. The fourth-order valence-electron chi connectivity index (χ4n) is 3.35. The highest BCUT2D eigenvalue weighted by Crippen LogP contribution is 2.38. The van der Waals surface area contributed by atoms with Crippen molar-refractivity contribution in [1.82, 2.24) is 4.31 Å². The Morgan fingerprint density at radius 3 is 2.24 bits per heavy atom. The third-order valence-corrected chi connectivity index (χ3v) is 7.09. The smallest absolute Gasteiger partial charge is 0.295 e. The van der Waals surface area contributed by atoms with Gasteiger partial charge in [-0.3, -0.25) is 15.5 Å². The summed E-state index contributed by atoms with van der Waals surface area (Å²) in [4.78, 5) is 10.8. The van der Waals surface area contributed by atoms with Crippen molar-refractivity contribution in [2.75, 3.05) is 53.1 Å². The first kappa shape index (κ1) is 25.2. The molecule has 184 valence electrons. The number of hydrogen-bond donors (Lipinski definition) is 1. The maximum absolute atomic E-state index is 12.9. The summed E-state index contributed by atoms with van der Waals surface area (Å²) >= 11 is 0. The van der Waals surface area contributed by atoms with E-state index in [1.165, 1.54) is 37.8 Å². The second kappa shape index (κ2) is 10.7. The second-order valence-electron chi connectivity index (χ2n) is 7.18. The Morgan fingerprint density at radius 2 is 1.71 bits per heavy atom. The highest BCUT2D eigenvalue weighted by molar-refractivity contribution is 7.89. The largest absolute Gasteiger partial charge is 0.493 e. The van der Waals surface area contributed by atoms with E-state index in [0.29, 0.717) is 28.5 Å². The van der Waals surface area contributed by atoms with Gasteiger partial charge in [0.2, 0.25) is 15.8 Å². The van der Waals surface area contributed by atoms with E-state index in [9.17, 15) is 18.5 Å². The van der Waals surface area contributed by atoms with Crippen LogP contribution in [0, 0.1) is 10.1 Å². The molecule has 0 aromatic heterocycles. The van der Waals surface area contributed by atoms with Crippen LogP contribution in [-0.2, 0) is 14.8 Å². The molecule has 0 aliphatic carbocycles. The maximum Gasteiger partial charge on any atom is 0.295 e. The number of hydrazone groups is 1. The van der Waals surface area contributed by atoms with Crippen LogP contribution in [0.5, 0.6) is 17.2 Å². The van der Waals surface area contributed by atoms with Crippen molar-refractivity contribution in [3.8, 4) is 17.2 Å². The van der Waals surface area contributed by atoms with Gasteiger partial charge in [-0.2, -0.15) is 9.41 Å². The predicted octanol–water partition coefficient (Wildman–Crippen LogP) is 2.48. The van der Waals surface area contributed by atoms with Gasteiger partial charge in [0, 0.05) is 24.7 Å². The maximum atomic E-state index is 12.9. The van der Waals surface area contributed by atoms with E-state index >= 15 is 0 Å². The molecule has 0 bridgehead atoms. The molecule has 0 amide bonds. The van der Waals surface area contributed by atoms with Gasteiger partial charge in [0.25, 0.3) is 5.69 Å². The molecule has 0 spiro atoms. The molecule has 0 saturated carbocycles. The number of rotatable bonds is 9. The summed E-state index contributed by atoms with van der Waals surface area (Å²) in [6.07, 6.45) is 0. The Morgan fingerprint density at radius 1 is 1.09 bits per heavy atom. The van der Waals surface area contributed by atoms with Crippen LogP contribution in [0.15, 0.2) is 40.3 Å². The van der Waals surface area contributed by atoms with E-state index in [1.54, 1.807) is 19.1 Å². The predicted molar refractivity (Wildman–Crippen MR) is 125 cm³/mol. The third-order valence-electron chi connectivity index (χ3n) is 5.20. The van der Waals surface area contributed by atoms with E-state index in [0.717, 1.165) is 6.07 Å². The van der Waals surface area contributed by atoms with Gasteiger partial charge in [-0.25, -0.2) is 8.42 Å². The Hall–Kier alpha value is -3.42. The normalized spacial score (nSPS) is 15.0. The first-order valence-corrected chi connectivity index (χ1v) is 11.6. The van der Waals surface area contributed by atoms with Crippen molar-refractivity contribution >= 4 is 27.1 Å². The molecule has 0 radical (unpaired) electrons. The SMILES string of the molecule is COc1cc(/C(C)=N\Nc2ccc(S(=O)(=O)N3CCOCC3)cc2[N+](=O)[O-])cc(OC)c1OC. The Kier molecular flexibility index (Phi) is 7.91. The molecule has 0 atom stereocenters. The van der Waals surface area contributed by atoms with Gasteiger partial charge in [-0.05, 0) is 31.2 Å². The van der Waals surface area contributed by atoms with E-state index in [4.69, 9.17) is 18.9 Å². The topological polar surface area (TPSA) is 142 Å². The van der Waals surface area contributed by atoms with Crippen LogP contribution >= 0.6 is 0 Å². The van der Waals surface area contributed by atoms with E-state index in [-0.39, 0.29) is 36.9 Å². The summed E-state index contributed by atoms with van der Waals surface area (Å²) in [5.74, 6) is 1.27. The summed E-state index contributed by atoms with van der Waals surface area (Å²) in [6.45, 7) is 2.62. The van der Waals surface area contributed by atoms with Gasteiger partial charge < -0.3 is 18.9 Å². The number of ether oxygens (including phenoxy) is 4. The highest BCUT2D eigenvalue weighted by atomic mass is 32.2. The minimum absolute atomic E-state index is 0.0396. The molecule has 0 unspecified atom stereocenters. The van der Waals surface area contributed by atoms with Crippen molar-refractivity contribution in [3.63, 3.8) is 0 Å². The van der Waals surface area contributed by atoms with Crippen molar-refractivity contribution in [2.24, 2.45) is 5.10 Å². The van der Waals surface area contributed by atoms with E-state index in [2.05, 4.69) is 10.5 Å². The van der Waals surface area contributed by atoms with Crippen molar-refractivity contribution in [3.05, 3.63) is 46.0 Å². The summed E-state index contributed by atoms with van der Waals surface area (Å²) in [6, 6.07) is 7.03. The number of nitrogens with one attached hydrogen (secondary N) is 1. The number of hydrogen-bond acceptors (Lipinski definition) is 10. The monoisotopic (exact) mass is 494 g/mol. The van der Waals surface area contributed by atoms with Gasteiger partial charge >= 0.3 is 0 Å². The summed E-state index contributed by atoms with van der Waals surface area (Å²) < 4.78 is 48.1. The minimum atomic E-state index is -3.89. The molecule has 1 aliphatic rings. The molecule has 12 nitrogen and oxygen atoms in total. The average Bonchev–Trinajstić information content (AvgIpc) is 2.86. The van der Waals surface area contributed by atoms with Crippen LogP contribution in [0.2, 0.25) is 0 Å². The molecule has 1 heterocycles. The fourth-order valence-corrected chi connectivity index (χ4v) is 4.78. The average molecular weight is 495 g/mol. The third kappa shape index (κ3) is 5.21. The lowest BCUT2D eigenvalue weighted by atomic mass is 10.1. The van der Waals surface area contributed by atoms with Crippen LogP contribution in [0.4, 0.5) is 11.4 Å². The Bertz CT molecular complexity index is 1170. The molecule has 2 aromatic carbocycles. The number of anilines is 1. The molecule has 34 heavy (non-hydrogen) atoms. The summed E-state index contributed by atoms with van der Waals surface area (Å²) in [7, 11) is 0.581. The molecule has 3 rings (SSSR count). The van der Waals surface area contributed by atoms with E-state index in [1.807, 2.05) is 0 Å². The minimum Gasteiger partial charge on any atom is -0.493 e. The second-order valence-corrected chi connectivity index (χ2v) is 9.11. The van der Waals surface area contributed by atoms with Crippen LogP contribution in [0.3, 0.4) is 0 Å². The van der Waals surface area contributed by atoms with Gasteiger partial charge in [-0.15, -0.1) is 0 Å². The number of benzene rings is 2. The number of nitrogens with zero attached hydrogens (tertiary/aromatic N) is 3. The molecule has 1 N–H and O–H groups in total. The molecule has 1 fully saturated rings. The van der Waals surface area contributed by atoms with Crippen LogP contribution in [-0.4, -0.2) is 71.0 Å². The van der Waals surface area contributed by atoms with Crippen LogP contribution < -0.4 is 19.6 Å². The quantitative estimate of drug-likeness (QED) is 0.316. The highest BCUT2D eigenvalue weighted by Gasteiger charge is 2.29. The lowest BCUT2D eigenvalue weighted by Gasteiger charge is -2.26. The van der Waals surface area contributed by atoms with Gasteiger partial charge in [-0.1, -0.05) is 0 Å². The first-order chi connectivity index (χ1) is 16.2. The number of morpholine rings is 1. The number of nitro benzene ring substituents is 1. The zero-order valence-electron chi connectivity index (χ0n) is 19.2. The van der Waals surface area contributed by atoms with Crippen molar-refractivity contribution < 1.29 is 32.3 Å². The van der Waals surface area contributed by atoms with Gasteiger partial charge in [0.05, 0.1) is 50.1 Å². The Labute approximate surface area is 197 Å². The molecular weight excluding hydrogens is 468 g/mol. The van der Waals surface area contributed by atoms with Crippen LogP contribution in [0.1, 0.15) is 12.5 Å². The number of nitro groups is 1. The molecule has 1 aliphatic heterocycles.